The Morgan fingerprint density at radius 1 is 1.05 bits per heavy atom. The Morgan fingerprint density at radius 2 is 1.67 bits per heavy atom. The zero-order valence-corrected chi connectivity index (χ0v) is 28.2. The molecule has 0 saturated heterocycles. The summed E-state index contributed by atoms with van der Waals surface area (Å²) in [7, 11) is -10.6. The molecule has 0 aromatic rings. The smallest absolute Gasteiger partial charge is 0.369 e. The van der Waals surface area contributed by atoms with Crippen molar-refractivity contribution in [3.63, 3.8) is 0 Å². The van der Waals surface area contributed by atoms with Crippen LogP contribution >= 0.6 is 15.2 Å². The first-order valence-corrected chi connectivity index (χ1v) is 19.0. The third-order valence-electron chi connectivity index (χ3n) is 10.1. The number of fused-ring (bicyclic) bond motifs is 1. The Morgan fingerprint density at radius 3 is 2.23 bits per heavy atom. The van der Waals surface area contributed by atoms with E-state index < -0.39 is 38.9 Å². The lowest BCUT2D eigenvalue weighted by atomic mass is 9.60. The SMILES string of the molecule is C=C1/C(=C\C=C2/CCC[C@]3(C)[C@@H]([C@H](C)CCCC(C)C)CC[C@@H]23)C[C@@H](O)C[C@@H]1O.NCCCC(O)(P(=O)(O)O)P(=O)(O)O. The molecule has 0 aliphatic heterocycles. The maximum atomic E-state index is 10.7. The average Bonchev–Trinajstić information content (AvgIpc) is 3.24. The molecule has 3 saturated carbocycles. The summed E-state index contributed by atoms with van der Waals surface area (Å²) in [5.74, 6) is 3.20. The highest BCUT2D eigenvalue weighted by atomic mass is 31.2. The summed E-state index contributed by atoms with van der Waals surface area (Å²) < 4.78 is 21.4. The molecule has 3 fully saturated rings. The first-order valence-electron chi connectivity index (χ1n) is 15.8. The molecule has 3 aliphatic carbocycles. The second kappa shape index (κ2) is 15.8. The zero-order valence-electron chi connectivity index (χ0n) is 26.4. The van der Waals surface area contributed by atoms with Gasteiger partial charge in [-0.2, -0.15) is 0 Å². The number of aliphatic hydroxyl groups is 3. The molecule has 0 bridgehead atoms. The van der Waals surface area contributed by atoms with Crippen LogP contribution in [0.5, 0.6) is 0 Å². The fourth-order valence-electron chi connectivity index (χ4n) is 7.53. The molecule has 9 N–H and O–H groups in total. The highest BCUT2D eigenvalue weighted by Crippen LogP contribution is 2.69. The number of allylic oxidation sites excluding steroid dienone is 3. The van der Waals surface area contributed by atoms with Crippen LogP contribution in [-0.4, -0.2) is 58.7 Å². The first-order chi connectivity index (χ1) is 19.8. The molecule has 0 spiro atoms. The number of nitrogens with two attached hydrogens (primary N) is 1. The van der Waals surface area contributed by atoms with Crippen LogP contribution in [0, 0.1) is 29.1 Å². The van der Waals surface area contributed by atoms with E-state index in [2.05, 4.69) is 46.4 Å². The van der Waals surface area contributed by atoms with Crippen LogP contribution < -0.4 is 5.73 Å². The summed E-state index contributed by atoms with van der Waals surface area (Å²) in [6, 6.07) is 0. The van der Waals surface area contributed by atoms with Crippen molar-refractivity contribution in [2.75, 3.05) is 6.54 Å². The van der Waals surface area contributed by atoms with Crippen molar-refractivity contribution < 1.29 is 44.0 Å². The molecule has 0 radical (unpaired) electrons. The van der Waals surface area contributed by atoms with Crippen molar-refractivity contribution in [2.45, 2.75) is 122 Å². The van der Waals surface area contributed by atoms with Crippen LogP contribution in [0.1, 0.15) is 105 Å². The number of hydrogen-bond acceptors (Lipinski definition) is 6. The van der Waals surface area contributed by atoms with E-state index in [1.807, 2.05) is 0 Å². The third-order valence-corrected chi connectivity index (χ3v) is 14.0. The minimum Gasteiger partial charge on any atom is -0.393 e. The van der Waals surface area contributed by atoms with E-state index >= 15 is 0 Å². The molecule has 12 heteroatoms. The van der Waals surface area contributed by atoms with Crippen LogP contribution in [-0.2, 0) is 9.13 Å². The van der Waals surface area contributed by atoms with E-state index in [1.54, 1.807) is 5.57 Å². The Hall–Kier alpha value is -0.640. The van der Waals surface area contributed by atoms with E-state index in [0.717, 1.165) is 28.9 Å². The Bertz CT molecular complexity index is 1070. The Kier molecular flexibility index (Phi) is 14.1. The van der Waals surface area contributed by atoms with Crippen molar-refractivity contribution in [1.29, 1.82) is 0 Å². The maximum Gasteiger partial charge on any atom is 0.369 e. The molecule has 0 aromatic heterocycles. The van der Waals surface area contributed by atoms with Gasteiger partial charge in [0.2, 0.25) is 0 Å². The Balaban J connectivity index is 0.000000391. The van der Waals surface area contributed by atoms with Crippen molar-refractivity contribution >= 4 is 15.2 Å². The van der Waals surface area contributed by atoms with Gasteiger partial charge in [-0.05, 0) is 91.7 Å². The van der Waals surface area contributed by atoms with Gasteiger partial charge in [0.05, 0.1) is 12.2 Å². The lowest BCUT2D eigenvalue weighted by molar-refractivity contribution is 0.0861. The summed E-state index contributed by atoms with van der Waals surface area (Å²) in [6.07, 6.45) is 14.3. The highest BCUT2D eigenvalue weighted by Gasteiger charge is 2.58. The van der Waals surface area contributed by atoms with Gasteiger partial charge in [0.1, 0.15) is 0 Å². The topological polar surface area (TPSA) is 202 Å². The van der Waals surface area contributed by atoms with E-state index in [-0.39, 0.29) is 13.0 Å². The average molecular weight is 650 g/mol. The van der Waals surface area contributed by atoms with Gasteiger partial charge in [-0.1, -0.05) is 71.3 Å². The van der Waals surface area contributed by atoms with Gasteiger partial charge in [-0.25, -0.2) is 0 Å². The van der Waals surface area contributed by atoms with Crippen LogP contribution in [0.2, 0.25) is 0 Å². The van der Waals surface area contributed by atoms with Gasteiger partial charge in [-0.3, -0.25) is 9.13 Å². The number of hydrogen-bond donors (Lipinski definition) is 8. The normalized spacial score (nSPS) is 31.2. The van der Waals surface area contributed by atoms with E-state index in [4.69, 9.17) is 25.3 Å². The fraction of sp³-hybridized carbons (Fsp3) is 0.806. The van der Waals surface area contributed by atoms with Gasteiger partial charge < -0.3 is 40.6 Å². The van der Waals surface area contributed by atoms with Gasteiger partial charge >= 0.3 is 15.2 Å². The number of aliphatic hydroxyl groups excluding tert-OH is 2. The van der Waals surface area contributed by atoms with Gasteiger partial charge in [0.15, 0.2) is 0 Å². The quantitative estimate of drug-likeness (QED) is 0.135. The predicted octanol–water partition coefficient (Wildman–Crippen LogP) is 5.32. The van der Waals surface area contributed by atoms with E-state index in [9.17, 15) is 24.4 Å². The molecule has 0 aromatic carbocycles. The van der Waals surface area contributed by atoms with Gasteiger partial charge in [0.25, 0.3) is 5.08 Å². The summed E-state index contributed by atoms with van der Waals surface area (Å²) in [6.45, 7) is 13.8. The molecule has 0 heterocycles. The van der Waals surface area contributed by atoms with Crippen LogP contribution in [0.4, 0.5) is 0 Å². The van der Waals surface area contributed by atoms with E-state index in [0.29, 0.717) is 24.2 Å². The minimum atomic E-state index is -5.30. The summed E-state index contributed by atoms with van der Waals surface area (Å²) in [5.41, 5.74) is 8.89. The second-order valence-corrected chi connectivity index (χ2v) is 17.7. The second-order valence-electron chi connectivity index (χ2n) is 13.7. The van der Waals surface area contributed by atoms with Gasteiger partial charge in [-0.15, -0.1) is 0 Å². The lowest BCUT2D eigenvalue weighted by Gasteiger charge is -2.44. The summed E-state index contributed by atoms with van der Waals surface area (Å²) in [5, 5.41) is 26.1. The lowest BCUT2D eigenvalue weighted by Crippen LogP contribution is -2.36. The predicted molar refractivity (Wildman–Crippen MR) is 170 cm³/mol. The molecule has 250 valence electrons. The van der Waals surface area contributed by atoms with Crippen molar-refractivity contribution in [3.05, 3.63) is 35.5 Å². The standard InChI is InChI=1S/C27H44O2.C4H13NO7P2/c1-18(2)8-6-9-19(3)24-13-14-25-21(10-7-15-27(24,25)5)11-12-22-16-23(28)17-26(29)20(22)4;5-3-1-2-4(6,13(7,8)9)14(10,11)12/h11-12,18-19,23-26,28-29H,4,6-10,13-17H2,1-3,5H3;6H,1-3,5H2,(H2,7,8,9)(H2,10,11,12)/b21-11+,22-12-;/t19-,23-,24-,25+,26+,27-;/m1./s1. The van der Waals surface area contributed by atoms with Crippen molar-refractivity contribution in [1.82, 2.24) is 0 Å². The van der Waals surface area contributed by atoms with Crippen LogP contribution in [0.3, 0.4) is 0 Å². The molecule has 3 aliphatic rings. The molecule has 0 amide bonds. The van der Waals surface area contributed by atoms with Crippen molar-refractivity contribution in [2.24, 2.45) is 34.8 Å². The van der Waals surface area contributed by atoms with E-state index in [1.165, 1.54) is 51.4 Å². The maximum absolute atomic E-state index is 10.7. The summed E-state index contributed by atoms with van der Waals surface area (Å²) in [4.78, 5) is 34.5. The van der Waals surface area contributed by atoms with Crippen LogP contribution in [0.15, 0.2) is 35.5 Å². The molecule has 43 heavy (non-hydrogen) atoms. The summed E-state index contributed by atoms with van der Waals surface area (Å²) >= 11 is 0. The molecule has 3 rings (SSSR count). The first kappa shape index (κ1) is 38.5. The fourth-order valence-corrected chi connectivity index (χ4v) is 9.79. The van der Waals surface area contributed by atoms with Crippen molar-refractivity contribution in [3.8, 4) is 0 Å². The third kappa shape index (κ3) is 9.68. The largest absolute Gasteiger partial charge is 0.393 e. The molecule has 0 unspecified atom stereocenters. The van der Waals surface area contributed by atoms with Crippen LogP contribution in [0.25, 0.3) is 0 Å². The zero-order chi connectivity index (χ0) is 32.8. The molecule has 6 atom stereocenters. The molecule has 10 nitrogen and oxygen atoms in total. The highest BCUT2D eigenvalue weighted by molar-refractivity contribution is 7.72. The monoisotopic (exact) mass is 649 g/mol. The minimum absolute atomic E-state index is 0.0394. The van der Waals surface area contributed by atoms with Gasteiger partial charge in [0, 0.05) is 12.8 Å². The molecular formula is C31H57NO9P2. The number of rotatable bonds is 11. The molecular weight excluding hydrogens is 592 g/mol. The Labute approximate surface area is 257 Å².